The van der Waals surface area contributed by atoms with E-state index in [1.54, 1.807) is 4.68 Å². The number of para-hydroxylation sites is 2. The number of imidazole rings is 1. The molecule has 17 heavy (non-hydrogen) atoms. The first-order valence-corrected chi connectivity index (χ1v) is 5.43. The summed E-state index contributed by atoms with van der Waals surface area (Å²) >= 11 is 0. The first-order valence-electron chi connectivity index (χ1n) is 5.43. The topological polar surface area (TPSA) is 72.5 Å². The lowest BCUT2D eigenvalue weighted by Gasteiger charge is -1.98. The number of rotatable bonds is 1. The molecule has 1 aromatic carbocycles. The molecular weight excluding hydrogens is 214 g/mol. The summed E-state index contributed by atoms with van der Waals surface area (Å²) in [5.41, 5.74) is 9.80. The Bertz CT molecular complexity index is 659. The molecule has 0 aliphatic carbocycles. The Hall–Kier alpha value is -2.30. The van der Waals surface area contributed by atoms with Gasteiger partial charge in [0.2, 0.25) is 5.95 Å². The minimum absolute atomic E-state index is 0.626. The maximum Gasteiger partial charge on any atom is 0.231 e. The predicted octanol–water partition coefficient (Wildman–Crippen LogP) is 1.95. The number of nitrogens with one attached hydrogen (secondary N) is 1. The Kier molecular flexibility index (Phi) is 1.95. The van der Waals surface area contributed by atoms with Crippen LogP contribution in [0, 0.1) is 13.8 Å². The molecule has 0 aliphatic rings. The zero-order valence-corrected chi connectivity index (χ0v) is 9.73. The molecule has 2 heterocycles. The number of aryl methyl sites for hydroxylation is 1. The van der Waals surface area contributed by atoms with E-state index in [2.05, 4.69) is 15.1 Å². The summed E-state index contributed by atoms with van der Waals surface area (Å²) in [5.74, 6) is 1.28. The summed E-state index contributed by atoms with van der Waals surface area (Å²) in [4.78, 5) is 7.67. The molecule has 0 saturated carbocycles. The molecule has 0 atom stereocenters. The highest BCUT2D eigenvalue weighted by molar-refractivity contribution is 5.76. The minimum atomic E-state index is 0.626. The molecular formula is C12H13N5. The summed E-state index contributed by atoms with van der Waals surface area (Å²) in [5, 5.41) is 4.37. The smallest absolute Gasteiger partial charge is 0.231 e. The molecule has 5 nitrogen and oxygen atoms in total. The molecule has 0 spiro atoms. The number of nitrogens with two attached hydrogens (primary N) is 1. The molecule has 0 unspecified atom stereocenters. The molecule has 86 valence electrons. The molecule has 2 aromatic heterocycles. The average molecular weight is 227 g/mol. The molecule has 0 fully saturated rings. The van der Waals surface area contributed by atoms with Gasteiger partial charge in [0.05, 0.1) is 16.7 Å². The maximum atomic E-state index is 6.00. The second kappa shape index (κ2) is 3.35. The number of H-pyrrole nitrogens is 1. The van der Waals surface area contributed by atoms with Crippen molar-refractivity contribution < 1.29 is 0 Å². The summed E-state index contributed by atoms with van der Waals surface area (Å²) in [6.45, 7) is 3.89. The van der Waals surface area contributed by atoms with Gasteiger partial charge in [0.25, 0.3) is 0 Å². The van der Waals surface area contributed by atoms with Crippen LogP contribution in [0.15, 0.2) is 24.3 Å². The van der Waals surface area contributed by atoms with Crippen molar-refractivity contribution in [2.45, 2.75) is 13.8 Å². The van der Waals surface area contributed by atoms with Crippen LogP contribution in [-0.4, -0.2) is 19.7 Å². The van der Waals surface area contributed by atoms with Crippen molar-refractivity contribution in [2.75, 3.05) is 5.73 Å². The fraction of sp³-hybridized carbons (Fsp3) is 0.167. The highest BCUT2D eigenvalue weighted by Gasteiger charge is 2.12. The molecule has 0 bridgehead atoms. The monoisotopic (exact) mass is 227 g/mol. The van der Waals surface area contributed by atoms with Crippen LogP contribution in [0.1, 0.15) is 11.3 Å². The number of anilines is 1. The molecule has 5 heteroatoms. The Morgan fingerprint density at radius 2 is 2.00 bits per heavy atom. The molecule has 3 aromatic rings. The number of benzene rings is 1. The van der Waals surface area contributed by atoms with Crippen LogP contribution < -0.4 is 5.73 Å². The van der Waals surface area contributed by atoms with Crippen molar-refractivity contribution in [1.29, 1.82) is 0 Å². The van der Waals surface area contributed by atoms with E-state index in [0.29, 0.717) is 11.8 Å². The van der Waals surface area contributed by atoms with Gasteiger partial charge in [0.1, 0.15) is 5.82 Å². The fourth-order valence-corrected chi connectivity index (χ4v) is 1.82. The van der Waals surface area contributed by atoms with Crippen LogP contribution >= 0.6 is 0 Å². The van der Waals surface area contributed by atoms with E-state index in [0.717, 1.165) is 22.3 Å². The second-order valence-corrected chi connectivity index (χ2v) is 4.09. The Morgan fingerprint density at radius 1 is 1.24 bits per heavy atom. The minimum Gasteiger partial charge on any atom is -0.383 e. The number of aromatic nitrogens is 4. The maximum absolute atomic E-state index is 6.00. The first-order chi connectivity index (χ1) is 8.16. The Labute approximate surface area is 98.3 Å². The van der Waals surface area contributed by atoms with Crippen molar-refractivity contribution >= 4 is 16.9 Å². The Morgan fingerprint density at radius 3 is 2.65 bits per heavy atom. The molecule has 0 amide bonds. The number of aromatic amines is 1. The molecule has 0 radical (unpaired) electrons. The third kappa shape index (κ3) is 1.39. The van der Waals surface area contributed by atoms with E-state index in [4.69, 9.17) is 5.73 Å². The van der Waals surface area contributed by atoms with Gasteiger partial charge in [-0.25, -0.2) is 4.98 Å². The number of hydrogen-bond acceptors (Lipinski definition) is 3. The quantitative estimate of drug-likeness (QED) is 0.667. The number of nitrogen functional groups attached to an aromatic ring is 1. The molecule has 0 saturated heterocycles. The van der Waals surface area contributed by atoms with Crippen LogP contribution in [0.5, 0.6) is 0 Å². The summed E-state index contributed by atoms with van der Waals surface area (Å²) < 4.78 is 1.64. The largest absolute Gasteiger partial charge is 0.383 e. The van der Waals surface area contributed by atoms with Crippen molar-refractivity contribution in [3.63, 3.8) is 0 Å². The zero-order chi connectivity index (χ0) is 12.0. The van der Waals surface area contributed by atoms with Crippen molar-refractivity contribution in [2.24, 2.45) is 0 Å². The van der Waals surface area contributed by atoms with Gasteiger partial charge in [0.15, 0.2) is 0 Å². The number of nitrogens with zero attached hydrogens (tertiary/aromatic N) is 3. The van der Waals surface area contributed by atoms with E-state index in [-0.39, 0.29) is 0 Å². The molecule has 0 aliphatic heterocycles. The van der Waals surface area contributed by atoms with E-state index in [9.17, 15) is 0 Å². The van der Waals surface area contributed by atoms with Gasteiger partial charge in [-0.2, -0.15) is 9.78 Å². The van der Waals surface area contributed by atoms with E-state index >= 15 is 0 Å². The highest BCUT2D eigenvalue weighted by atomic mass is 15.4. The van der Waals surface area contributed by atoms with Gasteiger partial charge < -0.3 is 10.7 Å². The van der Waals surface area contributed by atoms with Gasteiger partial charge in [-0.15, -0.1) is 0 Å². The second-order valence-electron chi connectivity index (χ2n) is 4.09. The van der Waals surface area contributed by atoms with Crippen LogP contribution in [-0.2, 0) is 0 Å². The third-order valence-electron chi connectivity index (χ3n) is 2.98. The van der Waals surface area contributed by atoms with Crippen molar-refractivity contribution in [1.82, 2.24) is 19.7 Å². The van der Waals surface area contributed by atoms with Gasteiger partial charge >= 0.3 is 0 Å². The standard InChI is InChI=1S/C12H13N5/c1-7-8(2)16-17(11(7)13)12-14-9-5-3-4-6-10(9)15-12/h3-6H,13H2,1-2H3,(H,14,15). The Balaban J connectivity index is 2.23. The summed E-state index contributed by atoms with van der Waals surface area (Å²) in [6, 6.07) is 7.85. The molecule has 3 N–H and O–H groups in total. The number of fused-ring (bicyclic) bond motifs is 1. The van der Waals surface area contributed by atoms with Crippen LogP contribution in [0.25, 0.3) is 17.0 Å². The number of hydrogen-bond donors (Lipinski definition) is 2. The highest BCUT2D eigenvalue weighted by Crippen LogP contribution is 2.19. The van der Waals surface area contributed by atoms with Crippen LogP contribution in [0.2, 0.25) is 0 Å². The van der Waals surface area contributed by atoms with E-state index in [1.807, 2.05) is 38.1 Å². The van der Waals surface area contributed by atoms with Crippen molar-refractivity contribution in [3.05, 3.63) is 35.5 Å². The normalized spacial score (nSPS) is 11.2. The van der Waals surface area contributed by atoms with Gasteiger partial charge in [-0.1, -0.05) is 12.1 Å². The van der Waals surface area contributed by atoms with Crippen LogP contribution in [0.3, 0.4) is 0 Å². The van der Waals surface area contributed by atoms with Crippen molar-refractivity contribution in [3.8, 4) is 5.95 Å². The third-order valence-corrected chi connectivity index (χ3v) is 2.98. The van der Waals surface area contributed by atoms with Gasteiger partial charge in [-0.3, -0.25) is 0 Å². The molecule has 3 rings (SSSR count). The SMILES string of the molecule is Cc1nn(-c2nc3ccccc3[nH]2)c(N)c1C. The summed E-state index contributed by atoms with van der Waals surface area (Å²) in [7, 11) is 0. The average Bonchev–Trinajstić information content (AvgIpc) is 2.86. The summed E-state index contributed by atoms with van der Waals surface area (Å²) in [6.07, 6.45) is 0. The van der Waals surface area contributed by atoms with Crippen LogP contribution in [0.4, 0.5) is 5.82 Å². The van der Waals surface area contributed by atoms with Gasteiger partial charge in [-0.05, 0) is 26.0 Å². The lowest BCUT2D eigenvalue weighted by atomic mass is 10.3. The lowest BCUT2D eigenvalue weighted by Crippen LogP contribution is -2.04. The predicted molar refractivity (Wildman–Crippen MR) is 67.1 cm³/mol. The first kappa shape index (κ1) is 9.89. The van der Waals surface area contributed by atoms with Gasteiger partial charge in [0, 0.05) is 5.56 Å². The zero-order valence-electron chi connectivity index (χ0n) is 9.73. The fourth-order valence-electron chi connectivity index (χ4n) is 1.82. The van der Waals surface area contributed by atoms with E-state index in [1.165, 1.54) is 0 Å². The lowest BCUT2D eigenvalue weighted by molar-refractivity contribution is 0.825. The van der Waals surface area contributed by atoms with E-state index < -0.39 is 0 Å².